The number of rotatable bonds is 5. The Balaban J connectivity index is 1.49. The lowest BCUT2D eigenvalue weighted by Crippen LogP contribution is -2.44. The molecule has 0 bridgehead atoms. The van der Waals surface area contributed by atoms with Crippen LogP contribution in [0.5, 0.6) is 0 Å². The molecule has 0 spiro atoms. The first kappa shape index (κ1) is 15.3. The predicted octanol–water partition coefficient (Wildman–Crippen LogP) is 2.31. The van der Waals surface area contributed by atoms with Crippen molar-refractivity contribution in [1.82, 2.24) is 4.90 Å². The van der Waals surface area contributed by atoms with Gasteiger partial charge in [-0.25, -0.2) is 0 Å². The summed E-state index contributed by atoms with van der Waals surface area (Å²) in [6.45, 7) is 1.22. The van der Waals surface area contributed by atoms with Gasteiger partial charge in [0.2, 0.25) is 0 Å². The fourth-order valence-electron chi connectivity index (χ4n) is 3.09. The van der Waals surface area contributed by atoms with Gasteiger partial charge < -0.3 is 9.47 Å². The summed E-state index contributed by atoms with van der Waals surface area (Å²) in [7, 11) is 0. The van der Waals surface area contributed by atoms with E-state index in [4.69, 9.17) is 14.2 Å². The van der Waals surface area contributed by atoms with Crippen molar-refractivity contribution in [3.63, 3.8) is 0 Å². The van der Waals surface area contributed by atoms with Crippen molar-refractivity contribution < 1.29 is 19.0 Å². The summed E-state index contributed by atoms with van der Waals surface area (Å²) in [4.78, 5) is 14.2. The average molecular weight is 325 g/mol. The van der Waals surface area contributed by atoms with Gasteiger partial charge in [0.25, 0.3) is 5.91 Å². The van der Waals surface area contributed by atoms with Crippen LogP contribution in [0.1, 0.15) is 11.1 Å². The lowest BCUT2D eigenvalue weighted by molar-refractivity contribution is -0.397. The molecule has 5 nitrogen and oxygen atoms in total. The third kappa shape index (κ3) is 2.82. The highest BCUT2D eigenvalue weighted by atomic mass is 16.9. The molecule has 2 aliphatic heterocycles. The van der Waals surface area contributed by atoms with Crippen LogP contribution < -0.4 is 0 Å². The van der Waals surface area contributed by atoms with Crippen molar-refractivity contribution in [2.75, 3.05) is 13.2 Å². The second-order valence-corrected chi connectivity index (χ2v) is 5.93. The first-order chi connectivity index (χ1) is 11.8. The summed E-state index contributed by atoms with van der Waals surface area (Å²) >= 11 is 0. The zero-order valence-electron chi connectivity index (χ0n) is 13.3. The molecule has 24 heavy (non-hydrogen) atoms. The fraction of sp³-hybridized carbons (Fsp3) is 0.316. The molecule has 2 fully saturated rings. The first-order valence-corrected chi connectivity index (χ1v) is 8.12. The zero-order valence-corrected chi connectivity index (χ0v) is 13.3. The van der Waals surface area contributed by atoms with Crippen LogP contribution in [-0.4, -0.2) is 36.2 Å². The van der Waals surface area contributed by atoms with Crippen LogP contribution in [0.2, 0.25) is 0 Å². The lowest BCUT2D eigenvalue weighted by Gasteiger charge is -2.27. The molecule has 2 aromatic carbocycles. The maximum atomic E-state index is 12.6. The monoisotopic (exact) mass is 325 g/mol. The molecule has 0 radical (unpaired) electrons. The van der Waals surface area contributed by atoms with E-state index in [1.165, 1.54) is 0 Å². The van der Waals surface area contributed by atoms with Crippen molar-refractivity contribution in [2.45, 2.75) is 25.2 Å². The summed E-state index contributed by atoms with van der Waals surface area (Å²) in [6, 6.07) is 19.6. The summed E-state index contributed by atoms with van der Waals surface area (Å²) in [5.74, 6) is -0.0792. The van der Waals surface area contributed by atoms with Crippen LogP contribution in [-0.2, 0) is 32.0 Å². The second kappa shape index (κ2) is 6.36. The quantitative estimate of drug-likeness (QED) is 0.846. The highest BCUT2D eigenvalue weighted by Crippen LogP contribution is 2.36. The topological polar surface area (TPSA) is 48.0 Å². The third-order valence-electron chi connectivity index (χ3n) is 4.29. The van der Waals surface area contributed by atoms with E-state index in [9.17, 15) is 4.79 Å². The highest BCUT2D eigenvalue weighted by molar-refractivity contribution is 5.83. The lowest BCUT2D eigenvalue weighted by atomic mass is 10.1. The smallest absolute Gasteiger partial charge is 0.307 e. The van der Waals surface area contributed by atoms with Crippen LogP contribution in [0.25, 0.3) is 0 Å². The van der Waals surface area contributed by atoms with Crippen LogP contribution in [0.3, 0.4) is 0 Å². The van der Waals surface area contributed by atoms with Crippen molar-refractivity contribution in [2.24, 2.45) is 0 Å². The van der Waals surface area contributed by atoms with Crippen LogP contribution in [0.4, 0.5) is 0 Å². The SMILES string of the molecule is O=C1[C@@H](Cc2ccccc2)O[C@@]2(OCc3ccccc3)OCCN12. The van der Waals surface area contributed by atoms with E-state index in [0.717, 1.165) is 11.1 Å². The molecule has 5 heteroatoms. The highest BCUT2D eigenvalue weighted by Gasteiger charge is 2.58. The Labute approximate surface area is 140 Å². The molecule has 0 N–H and O–H groups in total. The summed E-state index contributed by atoms with van der Waals surface area (Å²) in [5, 5.41) is 0. The Morgan fingerprint density at radius 3 is 2.42 bits per heavy atom. The summed E-state index contributed by atoms with van der Waals surface area (Å²) in [6.07, 6.45) is -1.45. The van der Waals surface area contributed by atoms with E-state index >= 15 is 0 Å². The first-order valence-electron chi connectivity index (χ1n) is 8.12. The van der Waals surface area contributed by atoms with Crippen LogP contribution in [0, 0.1) is 0 Å². The molecule has 2 aromatic rings. The van der Waals surface area contributed by atoms with Gasteiger partial charge >= 0.3 is 6.10 Å². The van der Waals surface area contributed by atoms with Crippen molar-refractivity contribution >= 4 is 5.91 Å². The molecule has 124 valence electrons. The number of benzene rings is 2. The number of fused-ring (bicyclic) bond motifs is 1. The van der Waals surface area contributed by atoms with Gasteiger partial charge in [0.15, 0.2) is 0 Å². The fourth-order valence-corrected chi connectivity index (χ4v) is 3.09. The molecule has 1 amide bonds. The Morgan fingerprint density at radius 1 is 1.04 bits per heavy atom. The van der Waals surface area contributed by atoms with E-state index in [1.807, 2.05) is 60.7 Å². The van der Waals surface area contributed by atoms with E-state index in [0.29, 0.717) is 26.2 Å². The molecule has 2 atom stereocenters. The maximum absolute atomic E-state index is 12.6. The average Bonchev–Trinajstić information content (AvgIpc) is 3.14. The Hall–Kier alpha value is -2.21. The molecule has 0 aliphatic carbocycles. The van der Waals surface area contributed by atoms with Gasteiger partial charge in [-0.2, -0.15) is 0 Å². The zero-order chi connectivity index (χ0) is 16.4. The van der Waals surface area contributed by atoms with Crippen molar-refractivity contribution in [3.8, 4) is 0 Å². The largest absolute Gasteiger partial charge is 0.380 e. The number of hydrogen-bond donors (Lipinski definition) is 0. The molecular weight excluding hydrogens is 306 g/mol. The third-order valence-corrected chi connectivity index (χ3v) is 4.29. The molecule has 2 heterocycles. The number of amides is 1. The number of nitrogens with zero attached hydrogens (tertiary/aromatic N) is 1. The van der Waals surface area contributed by atoms with E-state index in [2.05, 4.69) is 0 Å². The minimum Gasteiger partial charge on any atom is -0.307 e. The van der Waals surface area contributed by atoms with Crippen molar-refractivity contribution in [3.05, 3.63) is 71.8 Å². The van der Waals surface area contributed by atoms with Gasteiger partial charge in [-0.1, -0.05) is 60.7 Å². The molecule has 0 saturated carbocycles. The van der Waals surface area contributed by atoms with Gasteiger partial charge in [0.05, 0.1) is 19.8 Å². The maximum Gasteiger partial charge on any atom is 0.380 e. The van der Waals surface area contributed by atoms with E-state index < -0.39 is 12.2 Å². The molecule has 0 unspecified atom stereocenters. The molecule has 0 aromatic heterocycles. The standard InChI is InChI=1S/C19H19NO4/c21-18-17(13-15-7-3-1-4-8-15)24-19(20(18)11-12-22-19)23-14-16-9-5-2-6-10-16/h1-10,17H,11-14H2/t17-,19-/m1/s1. The predicted molar refractivity (Wildman–Crippen MR) is 86.6 cm³/mol. The van der Waals surface area contributed by atoms with Gasteiger partial charge in [0.1, 0.15) is 6.10 Å². The second-order valence-electron chi connectivity index (χ2n) is 5.93. The van der Waals surface area contributed by atoms with Gasteiger partial charge in [0, 0.05) is 6.42 Å². The molecule has 2 saturated heterocycles. The molecular formula is C19H19NO4. The normalized spacial score (nSPS) is 25.9. The minimum absolute atomic E-state index is 0.0792. The van der Waals surface area contributed by atoms with Crippen LogP contribution >= 0.6 is 0 Å². The van der Waals surface area contributed by atoms with E-state index in [-0.39, 0.29) is 5.91 Å². The number of carbonyl (C=O) groups is 1. The summed E-state index contributed by atoms with van der Waals surface area (Å²) in [5.41, 5.74) is 2.06. The van der Waals surface area contributed by atoms with Crippen LogP contribution in [0.15, 0.2) is 60.7 Å². The van der Waals surface area contributed by atoms with Gasteiger partial charge in [-0.05, 0) is 11.1 Å². The van der Waals surface area contributed by atoms with Crippen molar-refractivity contribution in [1.29, 1.82) is 0 Å². The molecule has 2 aliphatic rings. The summed E-state index contributed by atoms with van der Waals surface area (Å²) < 4.78 is 17.5. The molecule has 4 rings (SSSR count). The number of hydrogen-bond acceptors (Lipinski definition) is 4. The Bertz CT molecular complexity index is 706. The van der Waals surface area contributed by atoms with Gasteiger partial charge in [-0.3, -0.25) is 14.4 Å². The van der Waals surface area contributed by atoms with Gasteiger partial charge in [-0.15, -0.1) is 0 Å². The number of ether oxygens (including phenoxy) is 3. The number of carbonyl (C=O) groups excluding carboxylic acids is 1. The minimum atomic E-state index is -1.38. The van der Waals surface area contributed by atoms with E-state index in [1.54, 1.807) is 4.90 Å². The Morgan fingerprint density at radius 2 is 1.71 bits per heavy atom. The Kier molecular flexibility index (Phi) is 4.06.